The monoisotopic (exact) mass is 526 g/mol. The second-order valence-corrected chi connectivity index (χ2v) is 10.0. The number of amides is 1. The van der Waals surface area contributed by atoms with Gasteiger partial charge in [-0.2, -0.15) is 13.2 Å². The first-order valence-electron chi connectivity index (χ1n) is 12.2. The van der Waals surface area contributed by atoms with E-state index in [-0.39, 0.29) is 23.7 Å². The van der Waals surface area contributed by atoms with Crippen molar-refractivity contribution in [2.45, 2.75) is 64.3 Å². The van der Waals surface area contributed by atoms with Crippen molar-refractivity contribution in [2.75, 3.05) is 0 Å². The molecule has 0 fully saturated rings. The Morgan fingerprint density at radius 3 is 2.34 bits per heavy atom. The summed E-state index contributed by atoms with van der Waals surface area (Å²) < 4.78 is 44.2. The molecule has 202 valence electrons. The van der Waals surface area contributed by atoms with Crippen LogP contribution >= 0.6 is 0 Å². The number of carbonyl (C=O) groups is 1. The van der Waals surface area contributed by atoms with Crippen LogP contribution in [0.1, 0.15) is 54.5 Å². The first kappa shape index (κ1) is 28.7. The number of benzene rings is 2. The van der Waals surface area contributed by atoms with Gasteiger partial charge in [0, 0.05) is 30.6 Å². The van der Waals surface area contributed by atoms with Crippen molar-refractivity contribution in [3.05, 3.63) is 94.7 Å². The Hall–Kier alpha value is -3.88. The van der Waals surface area contributed by atoms with Gasteiger partial charge in [-0.15, -0.1) is 0 Å². The summed E-state index contributed by atoms with van der Waals surface area (Å²) in [5.74, 6) is -0.567. The molecule has 0 saturated carbocycles. The molecule has 1 aromatic heterocycles. The van der Waals surface area contributed by atoms with Crippen LogP contribution < -0.4 is 15.8 Å². The number of hydrogen-bond acceptors (Lipinski definition) is 4. The maximum absolute atomic E-state index is 13.3. The van der Waals surface area contributed by atoms with Gasteiger partial charge in [-0.05, 0) is 56.9 Å². The van der Waals surface area contributed by atoms with Gasteiger partial charge in [0.1, 0.15) is 0 Å². The maximum Gasteiger partial charge on any atom is 0.417 e. The fourth-order valence-electron chi connectivity index (χ4n) is 4.11. The third-order valence-corrected chi connectivity index (χ3v) is 6.28. The molecule has 1 amide bonds. The molecular weight excluding hydrogens is 493 g/mol. The predicted octanol–water partition coefficient (Wildman–Crippen LogP) is 5.58. The Balaban J connectivity index is 1.81. The number of carbonyl (C=O) groups excluding carboxylic acids is 1. The fourth-order valence-corrected chi connectivity index (χ4v) is 4.11. The minimum absolute atomic E-state index is 0.0642. The number of amidine groups is 1. The van der Waals surface area contributed by atoms with Gasteiger partial charge in [-0.3, -0.25) is 10.2 Å². The Labute approximate surface area is 220 Å². The summed E-state index contributed by atoms with van der Waals surface area (Å²) in [5, 5.41) is 10.7. The van der Waals surface area contributed by atoms with Gasteiger partial charge in [0.05, 0.1) is 11.4 Å². The lowest BCUT2D eigenvalue weighted by Gasteiger charge is -2.31. The van der Waals surface area contributed by atoms with Gasteiger partial charge in [0.25, 0.3) is 5.91 Å². The standard InChI is InChI=1S/C29H33F3N4O2/c1-18-8-10-20(11-9-18)15-24(22-7-5-6-21(14-22)16-25(33)34)19(2)36-27(37)28(3,4)38-26-13-12-23(17-35-26)29(30,31)32/h5-14,17,19,24H,15-16H2,1-4H3,(H3,33,34)(H,36,37). The first-order valence-corrected chi connectivity index (χ1v) is 12.2. The highest BCUT2D eigenvalue weighted by Crippen LogP contribution is 2.30. The highest BCUT2D eigenvalue weighted by Gasteiger charge is 2.34. The molecule has 9 heteroatoms. The number of nitrogens with one attached hydrogen (secondary N) is 2. The Morgan fingerprint density at radius 1 is 1.08 bits per heavy atom. The molecule has 2 unspecified atom stereocenters. The molecule has 38 heavy (non-hydrogen) atoms. The fraction of sp³-hybridized carbons (Fsp3) is 0.345. The van der Waals surface area contributed by atoms with Crippen molar-refractivity contribution in [3.8, 4) is 5.88 Å². The SMILES string of the molecule is Cc1ccc(CC(c2cccc(CC(=N)N)c2)C(C)NC(=O)C(C)(C)Oc2ccc(C(F)(F)F)cn2)cc1. The molecule has 0 bridgehead atoms. The highest BCUT2D eigenvalue weighted by molar-refractivity contribution is 5.85. The summed E-state index contributed by atoms with van der Waals surface area (Å²) in [6.07, 6.45) is -2.86. The smallest absolute Gasteiger partial charge is 0.417 e. The largest absolute Gasteiger partial charge is 0.462 e. The second kappa shape index (κ2) is 11.7. The third kappa shape index (κ3) is 7.81. The molecule has 4 N–H and O–H groups in total. The second-order valence-electron chi connectivity index (χ2n) is 10.0. The lowest BCUT2D eigenvalue weighted by molar-refractivity contribution is -0.138. The van der Waals surface area contributed by atoms with Crippen molar-refractivity contribution >= 4 is 11.7 Å². The van der Waals surface area contributed by atoms with Crippen LogP contribution in [0.4, 0.5) is 13.2 Å². The molecule has 3 aromatic rings. The molecule has 0 aliphatic carbocycles. The number of nitrogens with zero attached hydrogens (tertiary/aromatic N) is 1. The van der Waals surface area contributed by atoms with Crippen molar-refractivity contribution in [3.63, 3.8) is 0 Å². The third-order valence-electron chi connectivity index (χ3n) is 6.28. The van der Waals surface area contributed by atoms with E-state index in [1.165, 1.54) is 13.8 Å². The van der Waals surface area contributed by atoms with E-state index in [1.807, 2.05) is 50.2 Å². The molecule has 2 atom stereocenters. The number of aromatic nitrogens is 1. The number of halogens is 3. The average molecular weight is 527 g/mol. The van der Waals surface area contributed by atoms with E-state index in [1.54, 1.807) is 0 Å². The molecule has 1 heterocycles. The maximum atomic E-state index is 13.3. The summed E-state index contributed by atoms with van der Waals surface area (Å²) in [7, 11) is 0. The highest BCUT2D eigenvalue weighted by atomic mass is 19.4. The first-order chi connectivity index (χ1) is 17.7. The number of aryl methyl sites for hydroxylation is 1. The van der Waals surface area contributed by atoms with Crippen LogP contribution in [0, 0.1) is 12.3 Å². The molecular formula is C29H33F3N4O2. The summed E-state index contributed by atoms with van der Waals surface area (Å²) in [6.45, 7) is 7.00. The molecule has 0 saturated heterocycles. The molecule has 3 rings (SSSR count). The van der Waals surface area contributed by atoms with Crippen LogP contribution in [-0.2, 0) is 23.8 Å². The van der Waals surface area contributed by atoms with Crippen LogP contribution in [0.3, 0.4) is 0 Å². The van der Waals surface area contributed by atoms with Gasteiger partial charge in [0.2, 0.25) is 5.88 Å². The molecule has 0 radical (unpaired) electrons. The van der Waals surface area contributed by atoms with E-state index in [0.29, 0.717) is 19.0 Å². The summed E-state index contributed by atoms with van der Waals surface area (Å²) in [6, 6.07) is 17.6. The van der Waals surface area contributed by atoms with Gasteiger partial charge < -0.3 is 15.8 Å². The van der Waals surface area contributed by atoms with Crippen molar-refractivity contribution in [1.29, 1.82) is 5.41 Å². The van der Waals surface area contributed by atoms with E-state index in [9.17, 15) is 18.0 Å². The Bertz CT molecular complexity index is 1260. The van der Waals surface area contributed by atoms with E-state index in [2.05, 4.69) is 22.4 Å². The summed E-state index contributed by atoms with van der Waals surface area (Å²) in [5.41, 5.74) is 7.45. The van der Waals surface area contributed by atoms with Crippen molar-refractivity contribution in [2.24, 2.45) is 5.73 Å². The van der Waals surface area contributed by atoms with Gasteiger partial charge in [-0.25, -0.2) is 4.98 Å². The molecule has 0 aliphatic rings. The minimum Gasteiger partial charge on any atom is -0.462 e. The number of nitrogens with two attached hydrogens (primary N) is 1. The average Bonchev–Trinajstić information content (AvgIpc) is 2.83. The topological polar surface area (TPSA) is 101 Å². The van der Waals surface area contributed by atoms with Crippen LogP contribution in [0.5, 0.6) is 5.88 Å². The van der Waals surface area contributed by atoms with Crippen molar-refractivity contribution in [1.82, 2.24) is 10.3 Å². The van der Waals surface area contributed by atoms with Crippen molar-refractivity contribution < 1.29 is 22.7 Å². The number of hydrogen-bond donors (Lipinski definition) is 3. The predicted molar refractivity (Wildman–Crippen MR) is 141 cm³/mol. The van der Waals surface area contributed by atoms with Crippen LogP contribution in [-0.4, -0.2) is 28.4 Å². The van der Waals surface area contributed by atoms with E-state index >= 15 is 0 Å². The van der Waals surface area contributed by atoms with Gasteiger partial charge in [0.15, 0.2) is 5.60 Å². The molecule has 6 nitrogen and oxygen atoms in total. The van der Waals surface area contributed by atoms with E-state index in [4.69, 9.17) is 15.9 Å². The Morgan fingerprint density at radius 2 is 1.76 bits per heavy atom. The zero-order chi connectivity index (χ0) is 28.1. The zero-order valence-electron chi connectivity index (χ0n) is 21.9. The zero-order valence-corrected chi connectivity index (χ0v) is 21.9. The normalized spacial score (nSPS) is 13.4. The van der Waals surface area contributed by atoms with Gasteiger partial charge >= 0.3 is 6.18 Å². The lowest BCUT2D eigenvalue weighted by atomic mass is 9.85. The number of ether oxygens (including phenoxy) is 1. The number of pyridine rings is 1. The number of rotatable bonds is 10. The molecule has 0 aliphatic heterocycles. The number of alkyl halides is 3. The molecule has 0 spiro atoms. The Kier molecular flexibility index (Phi) is 8.81. The summed E-state index contributed by atoms with van der Waals surface area (Å²) in [4.78, 5) is 17.0. The van der Waals surface area contributed by atoms with E-state index < -0.39 is 23.2 Å². The van der Waals surface area contributed by atoms with Gasteiger partial charge in [-0.1, -0.05) is 54.1 Å². The molecule has 2 aromatic carbocycles. The summed E-state index contributed by atoms with van der Waals surface area (Å²) >= 11 is 0. The lowest BCUT2D eigenvalue weighted by Crippen LogP contribution is -2.51. The quantitative estimate of drug-likeness (QED) is 0.237. The van der Waals surface area contributed by atoms with Crippen LogP contribution in [0.2, 0.25) is 0 Å². The van der Waals surface area contributed by atoms with Crippen LogP contribution in [0.15, 0.2) is 66.9 Å². The van der Waals surface area contributed by atoms with Crippen LogP contribution in [0.25, 0.3) is 0 Å². The van der Waals surface area contributed by atoms with E-state index in [0.717, 1.165) is 34.4 Å². The minimum atomic E-state index is -4.51.